The van der Waals surface area contributed by atoms with Crippen molar-refractivity contribution in [3.63, 3.8) is 0 Å². The Labute approximate surface area is 382 Å². The van der Waals surface area contributed by atoms with Gasteiger partial charge in [-0.25, -0.2) is 0 Å². The quantitative estimate of drug-likeness (QED) is 0.0859. The molecule has 0 saturated carbocycles. The number of rotatable bonds is 5. The molecule has 66 heavy (non-hydrogen) atoms. The number of piperazine rings is 1. The van der Waals surface area contributed by atoms with Crippen LogP contribution in [0.5, 0.6) is 23.0 Å². The van der Waals surface area contributed by atoms with Crippen molar-refractivity contribution in [1.82, 2.24) is 14.9 Å². The van der Waals surface area contributed by atoms with Crippen LogP contribution in [0.3, 0.4) is 0 Å². The number of esters is 1. The van der Waals surface area contributed by atoms with Gasteiger partial charge in [-0.3, -0.25) is 29.2 Å². The zero-order chi connectivity index (χ0) is 48.4. The second kappa shape index (κ2) is 19.9. The molecule has 2 amide bonds. The fraction of sp³-hybridized carbons (Fsp3) is 0.458. The maximum Gasteiger partial charge on any atom is 0.312 e. The number of amides is 2. The Hall–Kier alpha value is -6.50. The van der Waals surface area contributed by atoms with E-state index in [0.29, 0.717) is 18.7 Å². The van der Waals surface area contributed by atoms with Crippen molar-refractivity contribution in [2.75, 3.05) is 38.6 Å². The van der Waals surface area contributed by atoms with Crippen LogP contribution in [-0.2, 0) is 23.8 Å². The molecule has 0 unspecified atom stereocenters. The second-order valence-corrected chi connectivity index (χ2v) is 17.3. The number of anilines is 1. The minimum Gasteiger partial charge on any atom is -0.507 e. The van der Waals surface area contributed by atoms with Gasteiger partial charge in [0.05, 0.1) is 66.1 Å². The van der Waals surface area contributed by atoms with Gasteiger partial charge in [0.1, 0.15) is 23.4 Å². The van der Waals surface area contributed by atoms with E-state index in [-0.39, 0.29) is 63.5 Å². The largest absolute Gasteiger partial charge is 0.507 e. The van der Waals surface area contributed by atoms with Gasteiger partial charge in [0, 0.05) is 92.2 Å². The lowest BCUT2D eigenvalue weighted by atomic mass is 9.78. The number of allylic oxidation sites excluding steroid dienone is 2. The molecule has 2 aromatic carbocycles. The Morgan fingerprint density at radius 1 is 0.924 bits per heavy atom. The molecule has 18 heteroatoms. The fourth-order valence-corrected chi connectivity index (χ4v) is 8.70. The zero-order valence-electron chi connectivity index (χ0n) is 38.5. The number of pyridine rings is 1. The van der Waals surface area contributed by atoms with Crippen molar-refractivity contribution in [3.05, 3.63) is 82.9 Å². The van der Waals surface area contributed by atoms with Gasteiger partial charge in [-0.1, -0.05) is 45.9 Å². The molecule has 1 saturated heterocycles. The number of ketones is 1. The fourth-order valence-electron chi connectivity index (χ4n) is 8.70. The number of carbonyl (C=O) groups is 4. The van der Waals surface area contributed by atoms with Crippen LogP contribution in [0.1, 0.15) is 80.3 Å². The number of hydrogen-bond acceptors (Lipinski definition) is 16. The smallest absolute Gasteiger partial charge is 0.312 e. The molecule has 6 N–H and O–H groups in total. The summed E-state index contributed by atoms with van der Waals surface area (Å²) in [6, 6.07) is 3.25. The van der Waals surface area contributed by atoms with Gasteiger partial charge in [-0.15, -0.1) is 0 Å². The lowest BCUT2D eigenvalue weighted by Gasteiger charge is -2.38. The van der Waals surface area contributed by atoms with Gasteiger partial charge >= 0.3 is 11.8 Å². The summed E-state index contributed by atoms with van der Waals surface area (Å²) in [7, 11) is 1.42. The molecule has 4 aliphatic rings. The average Bonchev–Trinajstić information content (AvgIpc) is 3.57. The Kier molecular flexibility index (Phi) is 14.8. The Balaban J connectivity index is 1.46. The van der Waals surface area contributed by atoms with E-state index in [1.54, 1.807) is 61.9 Å². The molecule has 9 atom stereocenters. The summed E-state index contributed by atoms with van der Waals surface area (Å²) < 4.78 is 23.7. The van der Waals surface area contributed by atoms with Crippen LogP contribution in [0.25, 0.3) is 10.8 Å². The van der Waals surface area contributed by atoms with E-state index in [9.17, 15) is 44.7 Å². The lowest BCUT2D eigenvalue weighted by molar-refractivity contribution is -0.160. The molecule has 0 aliphatic carbocycles. The predicted octanol–water partition coefficient (Wildman–Crippen LogP) is 4.94. The van der Waals surface area contributed by atoms with Crippen molar-refractivity contribution in [2.24, 2.45) is 28.8 Å². The normalized spacial score (nSPS) is 29.5. The number of aliphatic hydroxyl groups excluding tert-OH is 2. The molecule has 4 aliphatic heterocycles. The SMILES string of the molecule is CO[C@H]1/C=C/O[C@@]2(C)Oc3c(C)c(O)c4c(O)c(c(/C=N\N5CCN(C(=O)c6ccncc6)CC5)c(O)c4c3C2=O)NC(=O)/C(C)=C\C=C\[C@H](C)[C@H](O)[C@@H](C)[C@@H](O)[C@@H](C)[C@H](OC(C)=O)[C@@H]1C. The number of methoxy groups -OCH3 is 1. The molecule has 7 rings (SSSR count). The number of Topliss-reactive ketones (excluding diaryl/α,β-unsaturated/α-hetero) is 1. The van der Waals surface area contributed by atoms with Gasteiger partial charge < -0.3 is 54.7 Å². The molecule has 18 nitrogen and oxygen atoms in total. The summed E-state index contributed by atoms with van der Waals surface area (Å²) in [5.41, 5.74) is -0.137. The minimum absolute atomic E-state index is 0.0205. The van der Waals surface area contributed by atoms with Crippen LogP contribution in [0, 0.1) is 30.6 Å². The Bertz CT molecular complexity index is 2480. The standard InChI is InChI=1S/C48H59N5O13/c1-24-11-10-12-25(2)46(61)51-37-32(23-50-53-20-18-52(19-21-53)47(62)31-13-16-49-17-14-31)41(58)34-35(42(37)59)40(57)29(6)44-36(34)45(60)48(8,66-44)64-22-15-33(63-9)26(3)43(65-30(7)54)28(5)39(56)27(4)38(24)55/h10-17,22-24,26-28,33,38-39,43,55-59H,18-21H2,1-9H3,(H,51,61)/b11-10+,22-15+,25-12-,50-23-/t24-,26+,27+,28+,33-,38-,39+,43+,48-/m0/s1. The first-order chi connectivity index (χ1) is 31.2. The van der Waals surface area contributed by atoms with Crippen LogP contribution in [0.15, 0.2) is 65.8 Å². The summed E-state index contributed by atoms with van der Waals surface area (Å²) in [6.45, 7) is 13.6. The van der Waals surface area contributed by atoms with E-state index in [1.807, 2.05) is 0 Å². The first kappa shape index (κ1) is 48.9. The van der Waals surface area contributed by atoms with Crippen molar-refractivity contribution in [2.45, 2.75) is 85.6 Å². The summed E-state index contributed by atoms with van der Waals surface area (Å²) >= 11 is 0. The molecule has 0 spiro atoms. The van der Waals surface area contributed by atoms with Gasteiger partial charge in [-0.2, -0.15) is 5.10 Å². The lowest BCUT2D eigenvalue weighted by Crippen LogP contribution is -2.46. The number of phenolic OH excluding ortho intramolecular Hbond substituents is 3. The highest BCUT2D eigenvalue weighted by Crippen LogP contribution is 2.55. The first-order valence-corrected chi connectivity index (χ1v) is 21.8. The van der Waals surface area contributed by atoms with E-state index >= 15 is 0 Å². The molecule has 5 bridgehead atoms. The van der Waals surface area contributed by atoms with Crippen molar-refractivity contribution >= 4 is 46.2 Å². The maximum atomic E-state index is 14.6. The van der Waals surface area contributed by atoms with Gasteiger partial charge in [0.2, 0.25) is 0 Å². The highest BCUT2D eigenvalue weighted by atomic mass is 16.7. The number of ether oxygens (including phenoxy) is 4. The van der Waals surface area contributed by atoms with Crippen LogP contribution in [0.2, 0.25) is 0 Å². The molecule has 0 radical (unpaired) electrons. The maximum absolute atomic E-state index is 14.6. The molecule has 3 aromatic rings. The molecular weight excluding hydrogens is 855 g/mol. The number of benzene rings is 2. The Morgan fingerprint density at radius 2 is 1.59 bits per heavy atom. The first-order valence-electron chi connectivity index (χ1n) is 21.8. The summed E-state index contributed by atoms with van der Waals surface area (Å²) in [5, 5.41) is 67.1. The number of hydrazone groups is 1. The third-order valence-electron chi connectivity index (χ3n) is 12.9. The summed E-state index contributed by atoms with van der Waals surface area (Å²) in [6.07, 6.45) is 7.65. The van der Waals surface area contributed by atoms with E-state index in [1.165, 1.54) is 71.8 Å². The molecule has 1 fully saturated rings. The summed E-state index contributed by atoms with van der Waals surface area (Å²) in [4.78, 5) is 59.6. The van der Waals surface area contributed by atoms with Crippen LogP contribution in [0.4, 0.5) is 5.69 Å². The number of phenols is 3. The number of aromatic hydroxyl groups is 3. The molecule has 354 valence electrons. The highest BCUT2D eigenvalue weighted by Gasteiger charge is 2.50. The monoisotopic (exact) mass is 913 g/mol. The molecule has 5 heterocycles. The van der Waals surface area contributed by atoms with Crippen molar-refractivity contribution in [1.29, 1.82) is 0 Å². The van der Waals surface area contributed by atoms with Crippen molar-refractivity contribution < 1.29 is 63.7 Å². The van der Waals surface area contributed by atoms with Gasteiger partial charge in [0.15, 0.2) is 5.75 Å². The third kappa shape index (κ3) is 9.57. The van der Waals surface area contributed by atoms with Crippen LogP contribution >= 0.6 is 0 Å². The average molecular weight is 914 g/mol. The van der Waals surface area contributed by atoms with E-state index in [2.05, 4.69) is 15.4 Å². The minimum atomic E-state index is -2.09. The second-order valence-electron chi connectivity index (χ2n) is 17.3. The number of fused-ring (bicyclic) bond motifs is 14. The Morgan fingerprint density at radius 3 is 2.23 bits per heavy atom. The van der Waals surface area contributed by atoms with E-state index in [4.69, 9.17) is 18.9 Å². The number of nitrogens with one attached hydrogen (secondary N) is 1. The summed E-state index contributed by atoms with van der Waals surface area (Å²) in [5.74, 6) is -8.98. The van der Waals surface area contributed by atoms with Crippen LogP contribution in [-0.4, -0.2) is 134 Å². The zero-order valence-corrected chi connectivity index (χ0v) is 38.5. The number of hydrogen-bond donors (Lipinski definition) is 6. The van der Waals surface area contributed by atoms with Gasteiger partial charge in [0.25, 0.3) is 17.6 Å². The number of aromatic nitrogens is 1. The number of carbonyl (C=O) groups excluding carboxylic acids is 4. The van der Waals surface area contributed by atoms with Crippen molar-refractivity contribution in [3.8, 4) is 23.0 Å². The van der Waals surface area contributed by atoms with E-state index in [0.717, 1.165) is 0 Å². The van der Waals surface area contributed by atoms with E-state index < -0.39 is 88.8 Å². The van der Waals surface area contributed by atoms with Crippen LogP contribution < -0.4 is 10.1 Å². The number of aliphatic hydroxyl groups is 2. The molecular formula is C48H59N5O13. The number of nitrogens with zero attached hydrogens (tertiary/aromatic N) is 4. The molecule has 1 aromatic heterocycles. The topological polar surface area (TPSA) is 250 Å². The predicted molar refractivity (Wildman–Crippen MR) is 243 cm³/mol. The highest BCUT2D eigenvalue weighted by molar-refractivity contribution is 6.24. The van der Waals surface area contributed by atoms with Gasteiger partial charge in [-0.05, 0) is 32.1 Å². The third-order valence-corrected chi connectivity index (χ3v) is 12.9.